The van der Waals surface area contributed by atoms with Crippen molar-refractivity contribution in [2.75, 3.05) is 6.54 Å². The average molecular weight is 470 g/mol. The molecule has 0 saturated heterocycles. The standard InChI is InChI=1S/C23H21F3N6O2/c1-3-17(28-15-7-4-13(5-8-15)19-11-32(2)31-30-19)20-16-10-14(6-9-18(16)29-22(20)34)21(33)27-12-23(24,25)26/h4-11,29,34H,3,12H2,1-2H3,(H,27,33). The molecule has 0 aliphatic heterocycles. The molecule has 8 nitrogen and oxygen atoms in total. The number of halogens is 3. The number of aromatic nitrogens is 4. The number of rotatable bonds is 6. The number of nitrogens with one attached hydrogen (secondary N) is 2. The van der Waals surface area contributed by atoms with Crippen LogP contribution in [-0.2, 0) is 7.05 Å². The van der Waals surface area contributed by atoms with Gasteiger partial charge in [0.1, 0.15) is 12.2 Å². The van der Waals surface area contributed by atoms with Crippen LogP contribution in [0.25, 0.3) is 22.2 Å². The molecule has 0 bridgehead atoms. The Morgan fingerprint density at radius 2 is 1.94 bits per heavy atom. The van der Waals surface area contributed by atoms with E-state index in [0.717, 1.165) is 11.3 Å². The predicted molar refractivity (Wildman–Crippen MR) is 121 cm³/mol. The first-order valence-electron chi connectivity index (χ1n) is 10.4. The molecule has 1 amide bonds. The second kappa shape index (κ2) is 9.00. The van der Waals surface area contributed by atoms with Crippen molar-refractivity contribution in [1.29, 1.82) is 0 Å². The van der Waals surface area contributed by atoms with Gasteiger partial charge in [-0.15, -0.1) is 5.10 Å². The normalized spacial score (nSPS) is 12.3. The second-order valence-electron chi connectivity index (χ2n) is 7.64. The van der Waals surface area contributed by atoms with Gasteiger partial charge < -0.3 is 15.4 Å². The Kier molecular flexibility index (Phi) is 6.10. The number of hydrogen-bond acceptors (Lipinski definition) is 5. The lowest BCUT2D eigenvalue weighted by Gasteiger charge is -2.09. The molecule has 3 N–H and O–H groups in total. The van der Waals surface area contributed by atoms with Gasteiger partial charge in [-0.1, -0.05) is 24.3 Å². The molecule has 0 spiro atoms. The summed E-state index contributed by atoms with van der Waals surface area (Å²) in [5.41, 5.74) is 3.73. The summed E-state index contributed by atoms with van der Waals surface area (Å²) in [6.07, 6.45) is -2.26. The smallest absolute Gasteiger partial charge is 0.405 e. The number of carbonyl (C=O) groups excluding carboxylic acids is 1. The third-order valence-electron chi connectivity index (χ3n) is 5.14. The highest BCUT2D eigenvalue weighted by Gasteiger charge is 2.28. The van der Waals surface area contributed by atoms with Crippen LogP contribution in [0.3, 0.4) is 0 Å². The first-order chi connectivity index (χ1) is 16.1. The minimum Gasteiger partial charge on any atom is -0.494 e. The highest BCUT2D eigenvalue weighted by Crippen LogP contribution is 2.31. The fourth-order valence-corrected chi connectivity index (χ4v) is 3.55. The van der Waals surface area contributed by atoms with Crippen molar-refractivity contribution in [3.63, 3.8) is 0 Å². The van der Waals surface area contributed by atoms with Crippen LogP contribution in [-0.4, -0.2) is 49.4 Å². The molecule has 0 atom stereocenters. The molecule has 2 heterocycles. The van der Waals surface area contributed by atoms with Crippen LogP contribution in [0.1, 0.15) is 29.3 Å². The number of carbonyl (C=O) groups is 1. The molecule has 0 radical (unpaired) electrons. The number of hydrogen-bond donors (Lipinski definition) is 3. The SMILES string of the molecule is CCC(=Nc1ccc(-c2cn(C)nn2)cc1)c1c(O)[nH]c2ccc(C(=O)NCC(F)(F)F)cc12. The number of fused-ring (bicyclic) bond motifs is 1. The van der Waals surface area contributed by atoms with E-state index >= 15 is 0 Å². The fraction of sp³-hybridized carbons (Fsp3) is 0.217. The van der Waals surface area contributed by atoms with Crippen LogP contribution in [0, 0.1) is 0 Å². The Labute approximate surface area is 192 Å². The van der Waals surface area contributed by atoms with Gasteiger partial charge in [0.25, 0.3) is 5.91 Å². The maximum absolute atomic E-state index is 12.5. The summed E-state index contributed by atoms with van der Waals surface area (Å²) in [6, 6.07) is 11.7. The molecule has 0 fully saturated rings. The Morgan fingerprint density at radius 3 is 2.56 bits per heavy atom. The molecule has 34 heavy (non-hydrogen) atoms. The van der Waals surface area contributed by atoms with E-state index in [-0.39, 0.29) is 11.4 Å². The van der Waals surface area contributed by atoms with Crippen molar-refractivity contribution in [3.8, 4) is 17.1 Å². The van der Waals surface area contributed by atoms with Gasteiger partial charge in [0, 0.05) is 29.1 Å². The third-order valence-corrected chi connectivity index (χ3v) is 5.14. The minimum absolute atomic E-state index is 0.0424. The van der Waals surface area contributed by atoms with E-state index in [1.807, 2.05) is 36.5 Å². The fourth-order valence-electron chi connectivity index (χ4n) is 3.55. The summed E-state index contributed by atoms with van der Waals surface area (Å²) >= 11 is 0. The van der Waals surface area contributed by atoms with Crippen molar-refractivity contribution < 1.29 is 23.1 Å². The van der Waals surface area contributed by atoms with Gasteiger partial charge in [-0.25, -0.2) is 0 Å². The van der Waals surface area contributed by atoms with E-state index in [2.05, 4.69) is 20.3 Å². The van der Waals surface area contributed by atoms with E-state index in [1.54, 1.807) is 17.9 Å². The van der Waals surface area contributed by atoms with Gasteiger partial charge >= 0.3 is 6.18 Å². The van der Waals surface area contributed by atoms with Crippen molar-refractivity contribution in [2.24, 2.45) is 12.0 Å². The molecule has 0 aliphatic carbocycles. The van der Waals surface area contributed by atoms with Gasteiger partial charge in [0.15, 0.2) is 5.88 Å². The van der Waals surface area contributed by atoms with Crippen LogP contribution < -0.4 is 5.32 Å². The van der Waals surface area contributed by atoms with Crippen molar-refractivity contribution in [2.45, 2.75) is 19.5 Å². The Hall–Kier alpha value is -4.15. The van der Waals surface area contributed by atoms with Crippen LogP contribution in [0.15, 0.2) is 53.7 Å². The van der Waals surface area contributed by atoms with Crippen LogP contribution >= 0.6 is 0 Å². The molecule has 0 aliphatic rings. The number of aliphatic imine (C=N–C) groups is 1. The zero-order valence-electron chi connectivity index (χ0n) is 18.3. The van der Waals surface area contributed by atoms with Crippen LogP contribution in [0.4, 0.5) is 18.9 Å². The van der Waals surface area contributed by atoms with Gasteiger partial charge in [-0.3, -0.25) is 14.5 Å². The topological polar surface area (TPSA) is 108 Å². The quantitative estimate of drug-likeness (QED) is 0.361. The average Bonchev–Trinajstić information content (AvgIpc) is 3.37. The third kappa shape index (κ3) is 4.92. The Balaban J connectivity index is 1.67. The highest BCUT2D eigenvalue weighted by molar-refractivity contribution is 6.14. The lowest BCUT2D eigenvalue weighted by Crippen LogP contribution is -2.33. The molecule has 4 aromatic rings. The monoisotopic (exact) mass is 470 g/mol. The molecular weight excluding hydrogens is 449 g/mol. The first kappa shape index (κ1) is 23.0. The number of aromatic hydroxyl groups is 1. The number of H-pyrrole nitrogens is 1. The predicted octanol–water partition coefficient (Wildman–Crippen LogP) is 4.49. The molecule has 2 aromatic heterocycles. The molecule has 11 heteroatoms. The molecule has 176 valence electrons. The summed E-state index contributed by atoms with van der Waals surface area (Å²) in [4.78, 5) is 19.7. The van der Waals surface area contributed by atoms with E-state index in [4.69, 9.17) is 0 Å². The van der Waals surface area contributed by atoms with Crippen molar-refractivity contribution in [1.82, 2.24) is 25.3 Å². The minimum atomic E-state index is -4.51. The highest BCUT2D eigenvalue weighted by atomic mass is 19.4. The molecule has 4 rings (SSSR count). The summed E-state index contributed by atoms with van der Waals surface area (Å²) in [5.74, 6) is -1.000. The lowest BCUT2D eigenvalue weighted by atomic mass is 10.0. The summed E-state index contributed by atoms with van der Waals surface area (Å²) in [7, 11) is 1.78. The van der Waals surface area contributed by atoms with Crippen LogP contribution in [0.5, 0.6) is 5.88 Å². The van der Waals surface area contributed by atoms with Crippen molar-refractivity contribution >= 4 is 28.2 Å². The number of benzene rings is 2. The van der Waals surface area contributed by atoms with Crippen LogP contribution in [0.2, 0.25) is 0 Å². The van der Waals surface area contributed by atoms with E-state index in [0.29, 0.717) is 34.3 Å². The maximum Gasteiger partial charge on any atom is 0.405 e. The molecule has 0 saturated carbocycles. The summed E-state index contributed by atoms with van der Waals surface area (Å²) in [5, 5.41) is 20.9. The lowest BCUT2D eigenvalue weighted by molar-refractivity contribution is -0.123. The number of aryl methyl sites for hydroxylation is 1. The van der Waals surface area contributed by atoms with E-state index in [1.165, 1.54) is 18.2 Å². The van der Waals surface area contributed by atoms with Gasteiger partial charge in [0.2, 0.25) is 0 Å². The number of aromatic amines is 1. The zero-order valence-corrected chi connectivity index (χ0v) is 18.3. The number of alkyl halides is 3. The Morgan fingerprint density at radius 1 is 1.21 bits per heavy atom. The second-order valence-corrected chi connectivity index (χ2v) is 7.64. The summed E-state index contributed by atoms with van der Waals surface area (Å²) in [6.45, 7) is 0.437. The van der Waals surface area contributed by atoms with E-state index in [9.17, 15) is 23.1 Å². The molecule has 2 aromatic carbocycles. The molecular formula is C23H21F3N6O2. The first-order valence-corrected chi connectivity index (χ1v) is 10.4. The summed E-state index contributed by atoms with van der Waals surface area (Å²) < 4.78 is 39.0. The maximum atomic E-state index is 12.5. The zero-order chi connectivity index (χ0) is 24.5. The van der Waals surface area contributed by atoms with Crippen molar-refractivity contribution in [3.05, 3.63) is 59.8 Å². The number of amides is 1. The van der Waals surface area contributed by atoms with Gasteiger partial charge in [-0.2, -0.15) is 13.2 Å². The van der Waals surface area contributed by atoms with Gasteiger partial charge in [-0.05, 0) is 36.8 Å². The largest absolute Gasteiger partial charge is 0.494 e. The number of nitrogens with zero attached hydrogens (tertiary/aromatic N) is 4. The van der Waals surface area contributed by atoms with E-state index < -0.39 is 18.6 Å². The van der Waals surface area contributed by atoms with Gasteiger partial charge in [0.05, 0.1) is 23.2 Å². The molecule has 0 unspecified atom stereocenters. The Bertz CT molecular complexity index is 1370.